The highest BCUT2D eigenvalue weighted by atomic mass is 14.2. The van der Waals surface area contributed by atoms with Gasteiger partial charge in [0.25, 0.3) is 0 Å². The summed E-state index contributed by atoms with van der Waals surface area (Å²) in [7, 11) is 0. The third kappa shape index (κ3) is 6.50. The second kappa shape index (κ2) is 10.7. The minimum Gasteiger partial charge on any atom is -0.0735 e. The molecule has 0 nitrogen and oxygen atoms in total. The van der Waals surface area contributed by atoms with Crippen LogP contribution in [0.5, 0.6) is 0 Å². The summed E-state index contributed by atoms with van der Waals surface area (Å²) in [5.41, 5.74) is 12.9. The molecule has 160 valence electrons. The highest BCUT2D eigenvalue weighted by Crippen LogP contribution is 2.34. The first kappa shape index (κ1) is 25.0. The predicted molar refractivity (Wildman–Crippen MR) is 129 cm³/mol. The van der Waals surface area contributed by atoms with Gasteiger partial charge in [-0.1, -0.05) is 72.3 Å². The van der Waals surface area contributed by atoms with Crippen molar-refractivity contribution in [1.82, 2.24) is 0 Å². The topological polar surface area (TPSA) is 0 Å². The Morgan fingerprint density at radius 2 is 0.500 bits per heavy atom. The Kier molecular flexibility index (Phi) is 9.51. The lowest BCUT2D eigenvalue weighted by Gasteiger charge is -2.25. The van der Waals surface area contributed by atoms with Crippen molar-refractivity contribution in [2.75, 3.05) is 0 Å². The third-order valence-corrected chi connectivity index (χ3v) is 8.10. The second-order valence-electron chi connectivity index (χ2n) is 10.3. The van der Waals surface area contributed by atoms with E-state index < -0.39 is 0 Å². The maximum Gasteiger partial charge on any atom is -0.0195 e. The van der Waals surface area contributed by atoms with Gasteiger partial charge < -0.3 is 0 Å². The molecule has 0 aromatic heterocycles. The van der Waals surface area contributed by atoms with Crippen LogP contribution in [0.25, 0.3) is 0 Å². The largest absolute Gasteiger partial charge is 0.0735 e. The van der Waals surface area contributed by atoms with Crippen LogP contribution in [-0.2, 0) is 0 Å². The van der Waals surface area contributed by atoms with E-state index in [1.54, 1.807) is 44.6 Å². The molecule has 0 amide bonds. The van der Waals surface area contributed by atoms with Crippen molar-refractivity contribution in [3.63, 3.8) is 0 Å². The van der Waals surface area contributed by atoms with Gasteiger partial charge in [0.2, 0.25) is 0 Å². The average molecular weight is 385 g/mol. The van der Waals surface area contributed by atoms with Gasteiger partial charge in [-0.15, -0.1) is 0 Å². The molecule has 28 heavy (non-hydrogen) atoms. The minimum atomic E-state index is 0.889. The molecule has 0 saturated heterocycles. The van der Waals surface area contributed by atoms with E-state index in [-0.39, 0.29) is 0 Å². The highest BCUT2D eigenvalue weighted by molar-refractivity contribution is 5.25. The van der Waals surface area contributed by atoms with Crippen LogP contribution >= 0.6 is 0 Å². The van der Waals surface area contributed by atoms with E-state index in [1.807, 2.05) is 0 Å². The van der Waals surface area contributed by atoms with Gasteiger partial charge in [0.05, 0.1) is 0 Å². The Morgan fingerprint density at radius 1 is 0.357 bits per heavy atom. The van der Waals surface area contributed by atoms with Gasteiger partial charge in [0.15, 0.2) is 0 Å². The lowest BCUT2D eigenvalue weighted by Crippen LogP contribution is -2.09. The Labute approximate surface area is 177 Å². The molecule has 0 heteroatoms. The van der Waals surface area contributed by atoms with E-state index in [4.69, 9.17) is 0 Å². The number of hydrogen-bond acceptors (Lipinski definition) is 0. The molecule has 0 aromatic carbocycles. The standard InChI is InChI=1S/4C7H12/c4*1-5-4-6(2)7(5)3/h4*5H,4H2,1-3H3. The molecule has 0 bridgehead atoms. The van der Waals surface area contributed by atoms with Crippen LogP contribution in [0.15, 0.2) is 44.6 Å². The molecule has 0 saturated carbocycles. The maximum atomic E-state index is 2.28. The van der Waals surface area contributed by atoms with E-state index in [1.165, 1.54) is 25.7 Å². The van der Waals surface area contributed by atoms with Crippen molar-refractivity contribution in [3.8, 4) is 0 Å². The molecule has 4 atom stereocenters. The molecular weight excluding hydrogens is 336 g/mol. The van der Waals surface area contributed by atoms with Gasteiger partial charge in [-0.25, -0.2) is 0 Å². The number of hydrogen-bond donors (Lipinski definition) is 0. The quantitative estimate of drug-likeness (QED) is 0.365. The zero-order valence-electron chi connectivity index (χ0n) is 21.1. The average Bonchev–Trinajstić information content (AvgIpc) is 2.69. The van der Waals surface area contributed by atoms with Crippen LogP contribution in [0.3, 0.4) is 0 Å². The molecule has 4 unspecified atom stereocenters. The zero-order valence-corrected chi connectivity index (χ0v) is 21.1. The molecule has 0 N–H and O–H groups in total. The van der Waals surface area contributed by atoms with E-state index in [9.17, 15) is 0 Å². The van der Waals surface area contributed by atoms with Gasteiger partial charge in [-0.05, 0) is 105 Å². The van der Waals surface area contributed by atoms with Crippen molar-refractivity contribution in [2.24, 2.45) is 23.7 Å². The Hall–Kier alpha value is -1.04. The molecule has 0 aliphatic heterocycles. The third-order valence-electron chi connectivity index (χ3n) is 8.10. The summed E-state index contributed by atoms with van der Waals surface area (Å²) in [6.45, 7) is 26.9. The molecule has 0 aromatic rings. The van der Waals surface area contributed by atoms with Crippen LogP contribution < -0.4 is 0 Å². The summed E-state index contributed by atoms with van der Waals surface area (Å²) in [5.74, 6) is 3.56. The first-order valence-corrected chi connectivity index (χ1v) is 11.5. The van der Waals surface area contributed by atoms with Crippen molar-refractivity contribution in [2.45, 2.75) is 109 Å². The Balaban J connectivity index is 0.000000187. The number of rotatable bonds is 0. The van der Waals surface area contributed by atoms with E-state index in [2.05, 4.69) is 83.1 Å². The summed E-state index contributed by atoms with van der Waals surface area (Å²) in [4.78, 5) is 0. The molecule has 4 aliphatic rings. The zero-order chi connectivity index (χ0) is 21.8. The second-order valence-corrected chi connectivity index (χ2v) is 10.3. The van der Waals surface area contributed by atoms with Gasteiger partial charge >= 0.3 is 0 Å². The van der Waals surface area contributed by atoms with Crippen LogP contribution in [0.1, 0.15) is 109 Å². The van der Waals surface area contributed by atoms with Crippen molar-refractivity contribution >= 4 is 0 Å². The fourth-order valence-corrected chi connectivity index (χ4v) is 4.25. The highest BCUT2D eigenvalue weighted by Gasteiger charge is 2.18. The maximum absolute atomic E-state index is 2.28. The summed E-state index contributed by atoms with van der Waals surface area (Å²) in [6, 6.07) is 0. The molecule has 4 rings (SSSR count). The lowest BCUT2D eigenvalue weighted by atomic mass is 9.81. The van der Waals surface area contributed by atoms with Gasteiger partial charge in [-0.3, -0.25) is 0 Å². The van der Waals surface area contributed by atoms with Crippen molar-refractivity contribution in [3.05, 3.63) is 44.6 Å². The van der Waals surface area contributed by atoms with E-state index in [0.29, 0.717) is 0 Å². The van der Waals surface area contributed by atoms with E-state index >= 15 is 0 Å². The monoisotopic (exact) mass is 384 g/mol. The SMILES string of the molecule is CC1=C(C)C(C)C1.CC1=C(C)C(C)C1.CC1=C(C)C(C)C1.CC1=C(C)C(C)C1. The van der Waals surface area contributed by atoms with Crippen LogP contribution in [-0.4, -0.2) is 0 Å². The first-order chi connectivity index (χ1) is 12.9. The Bertz CT molecular complexity index is 557. The van der Waals surface area contributed by atoms with Gasteiger partial charge in [0, 0.05) is 0 Å². The molecule has 4 aliphatic carbocycles. The van der Waals surface area contributed by atoms with Gasteiger partial charge in [0.1, 0.15) is 0 Å². The summed E-state index contributed by atoms with van der Waals surface area (Å²) >= 11 is 0. The molecular formula is C28H48. The van der Waals surface area contributed by atoms with Crippen molar-refractivity contribution in [1.29, 1.82) is 0 Å². The lowest BCUT2D eigenvalue weighted by molar-refractivity contribution is 0.584. The van der Waals surface area contributed by atoms with Crippen LogP contribution in [0, 0.1) is 23.7 Å². The summed E-state index contributed by atoms with van der Waals surface area (Å²) < 4.78 is 0. The molecule has 0 spiro atoms. The minimum absolute atomic E-state index is 0.889. The fraction of sp³-hybridized carbons (Fsp3) is 0.714. The smallest absolute Gasteiger partial charge is 0.0195 e. The van der Waals surface area contributed by atoms with Gasteiger partial charge in [-0.2, -0.15) is 0 Å². The normalized spacial score (nSPS) is 30.4. The molecule has 0 heterocycles. The molecule has 0 radical (unpaired) electrons. The Morgan fingerprint density at radius 3 is 0.500 bits per heavy atom. The van der Waals surface area contributed by atoms with Crippen LogP contribution in [0.4, 0.5) is 0 Å². The fourth-order valence-electron chi connectivity index (χ4n) is 4.25. The van der Waals surface area contributed by atoms with E-state index in [0.717, 1.165) is 23.7 Å². The molecule has 0 fully saturated rings. The summed E-state index contributed by atoms with van der Waals surface area (Å²) in [5, 5.41) is 0. The van der Waals surface area contributed by atoms with Crippen LogP contribution in [0.2, 0.25) is 0 Å². The number of allylic oxidation sites excluding steroid dienone is 8. The summed E-state index contributed by atoms with van der Waals surface area (Å²) in [6.07, 6.45) is 5.36. The van der Waals surface area contributed by atoms with Crippen molar-refractivity contribution < 1.29 is 0 Å². The predicted octanol–water partition coefficient (Wildman–Crippen LogP) is 9.45. The first-order valence-electron chi connectivity index (χ1n) is 11.5.